The number of nitrogens with zero attached hydrogens (tertiary/aromatic N) is 1. The number of benzene rings is 2. The Balaban J connectivity index is 1.49. The van der Waals surface area contributed by atoms with E-state index in [0.717, 1.165) is 36.7 Å². The molecule has 0 unspecified atom stereocenters. The smallest absolute Gasteiger partial charge is 0.255 e. The number of rotatable bonds is 7. The number of anilines is 1. The maximum absolute atomic E-state index is 12.5. The summed E-state index contributed by atoms with van der Waals surface area (Å²) in [7, 11) is 0. The van der Waals surface area contributed by atoms with E-state index >= 15 is 0 Å². The Kier molecular flexibility index (Phi) is 8.02. The first kappa shape index (κ1) is 22.0. The molecular formula is C23H26BrN3O3. The predicted octanol–water partition coefficient (Wildman–Crippen LogP) is 4.22. The van der Waals surface area contributed by atoms with Crippen LogP contribution in [0.5, 0.6) is 0 Å². The number of hydrogen-bond donors (Lipinski definition) is 2. The Labute approximate surface area is 185 Å². The lowest BCUT2D eigenvalue weighted by atomic mass is 10.1. The van der Waals surface area contributed by atoms with Crippen LogP contribution in [-0.4, -0.2) is 42.3 Å². The fourth-order valence-electron chi connectivity index (χ4n) is 3.42. The van der Waals surface area contributed by atoms with Crippen LogP contribution in [0.1, 0.15) is 52.8 Å². The first-order chi connectivity index (χ1) is 14.5. The topological polar surface area (TPSA) is 78.5 Å². The summed E-state index contributed by atoms with van der Waals surface area (Å²) in [5, 5.41) is 5.71. The largest absolute Gasteiger partial charge is 0.352 e. The number of carbonyl (C=O) groups is 3. The number of hydrogen-bond acceptors (Lipinski definition) is 3. The Morgan fingerprint density at radius 2 is 1.73 bits per heavy atom. The predicted molar refractivity (Wildman–Crippen MR) is 121 cm³/mol. The average molecular weight is 472 g/mol. The molecule has 0 radical (unpaired) electrons. The van der Waals surface area contributed by atoms with E-state index in [0.29, 0.717) is 36.3 Å². The minimum absolute atomic E-state index is 0.198. The summed E-state index contributed by atoms with van der Waals surface area (Å²) in [6.07, 6.45) is 4.48. The van der Waals surface area contributed by atoms with Crippen molar-refractivity contribution in [3.63, 3.8) is 0 Å². The van der Waals surface area contributed by atoms with Crippen LogP contribution in [0.25, 0.3) is 0 Å². The van der Waals surface area contributed by atoms with Gasteiger partial charge in [0.1, 0.15) is 0 Å². The second-order valence-corrected chi connectivity index (χ2v) is 8.26. The molecule has 2 aromatic rings. The Morgan fingerprint density at radius 3 is 2.53 bits per heavy atom. The van der Waals surface area contributed by atoms with Crippen LogP contribution >= 0.6 is 15.9 Å². The van der Waals surface area contributed by atoms with Gasteiger partial charge in [0.15, 0.2) is 0 Å². The molecule has 7 heteroatoms. The van der Waals surface area contributed by atoms with E-state index < -0.39 is 0 Å². The molecule has 1 fully saturated rings. The first-order valence-electron chi connectivity index (χ1n) is 10.3. The molecule has 2 aromatic carbocycles. The molecule has 6 nitrogen and oxygen atoms in total. The van der Waals surface area contributed by atoms with Gasteiger partial charge in [-0.25, -0.2) is 0 Å². The van der Waals surface area contributed by atoms with Crippen LogP contribution in [0.3, 0.4) is 0 Å². The van der Waals surface area contributed by atoms with E-state index in [-0.39, 0.29) is 17.7 Å². The van der Waals surface area contributed by atoms with E-state index in [2.05, 4.69) is 26.6 Å². The van der Waals surface area contributed by atoms with Gasteiger partial charge in [-0.15, -0.1) is 0 Å². The molecule has 0 aliphatic carbocycles. The van der Waals surface area contributed by atoms with Crippen LogP contribution in [0.15, 0.2) is 53.0 Å². The summed E-state index contributed by atoms with van der Waals surface area (Å²) in [6, 6.07) is 14.0. The fraction of sp³-hybridized carbons (Fsp3) is 0.348. The monoisotopic (exact) mass is 471 g/mol. The van der Waals surface area contributed by atoms with E-state index in [1.54, 1.807) is 42.5 Å². The summed E-state index contributed by atoms with van der Waals surface area (Å²) in [5.41, 5.74) is 1.57. The van der Waals surface area contributed by atoms with Crippen molar-refractivity contribution in [1.29, 1.82) is 0 Å². The highest BCUT2D eigenvalue weighted by Crippen LogP contribution is 2.16. The van der Waals surface area contributed by atoms with Crippen LogP contribution < -0.4 is 10.6 Å². The molecular weight excluding hydrogens is 446 g/mol. The van der Waals surface area contributed by atoms with Crippen molar-refractivity contribution in [3.8, 4) is 0 Å². The molecule has 158 valence electrons. The highest BCUT2D eigenvalue weighted by Gasteiger charge is 2.16. The number of nitrogens with one attached hydrogen (secondary N) is 2. The minimum Gasteiger partial charge on any atom is -0.352 e. The molecule has 0 saturated carbocycles. The number of amides is 3. The lowest BCUT2D eigenvalue weighted by Gasteiger charge is -2.20. The fourth-order valence-corrected chi connectivity index (χ4v) is 3.82. The lowest BCUT2D eigenvalue weighted by molar-refractivity contribution is -0.130. The average Bonchev–Trinajstić information content (AvgIpc) is 2.95. The zero-order valence-corrected chi connectivity index (χ0v) is 18.4. The van der Waals surface area contributed by atoms with E-state index in [1.165, 1.54) is 0 Å². The van der Waals surface area contributed by atoms with Gasteiger partial charge in [0, 0.05) is 47.3 Å². The molecule has 1 heterocycles. The van der Waals surface area contributed by atoms with Crippen LogP contribution in [0, 0.1) is 0 Å². The van der Waals surface area contributed by atoms with Gasteiger partial charge in [-0.2, -0.15) is 0 Å². The molecule has 1 aliphatic heterocycles. The third kappa shape index (κ3) is 6.42. The van der Waals surface area contributed by atoms with Crippen molar-refractivity contribution in [3.05, 3.63) is 64.1 Å². The summed E-state index contributed by atoms with van der Waals surface area (Å²) < 4.78 is 0.824. The molecule has 1 aliphatic rings. The van der Waals surface area contributed by atoms with Gasteiger partial charge in [-0.05, 0) is 55.7 Å². The van der Waals surface area contributed by atoms with Crippen molar-refractivity contribution < 1.29 is 14.4 Å². The van der Waals surface area contributed by atoms with Crippen molar-refractivity contribution in [2.45, 2.75) is 32.1 Å². The Bertz CT molecular complexity index is 916. The Morgan fingerprint density at radius 1 is 0.967 bits per heavy atom. The van der Waals surface area contributed by atoms with Gasteiger partial charge in [0.05, 0.1) is 0 Å². The molecule has 30 heavy (non-hydrogen) atoms. The minimum atomic E-state index is -0.240. The number of likely N-dealkylation sites (tertiary alicyclic amines) is 1. The van der Waals surface area contributed by atoms with Gasteiger partial charge in [0.2, 0.25) is 5.91 Å². The second kappa shape index (κ2) is 10.9. The van der Waals surface area contributed by atoms with Gasteiger partial charge in [-0.1, -0.05) is 34.5 Å². The van der Waals surface area contributed by atoms with E-state index in [9.17, 15) is 14.4 Å². The molecule has 3 amide bonds. The van der Waals surface area contributed by atoms with Crippen molar-refractivity contribution in [2.24, 2.45) is 0 Å². The lowest BCUT2D eigenvalue weighted by Crippen LogP contribution is -2.34. The van der Waals surface area contributed by atoms with Gasteiger partial charge >= 0.3 is 0 Å². The zero-order valence-electron chi connectivity index (χ0n) is 16.8. The molecule has 3 rings (SSSR count). The van der Waals surface area contributed by atoms with E-state index in [1.807, 2.05) is 11.0 Å². The summed E-state index contributed by atoms with van der Waals surface area (Å²) in [5.74, 6) is -0.223. The second-order valence-electron chi connectivity index (χ2n) is 7.35. The summed E-state index contributed by atoms with van der Waals surface area (Å²) >= 11 is 3.35. The normalized spacial score (nSPS) is 14.2. The van der Waals surface area contributed by atoms with Gasteiger partial charge in [-0.3, -0.25) is 14.4 Å². The molecule has 0 bridgehead atoms. The maximum atomic E-state index is 12.5. The molecule has 2 N–H and O–H groups in total. The standard InChI is InChI=1S/C23H26BrN3O3/c24-19-9-4-7-17(15-19)23(30)26-20-10-5-8-18(16-20)22(29)25-12-6-14-27-13-3-1-2-11-21(27)28/h4-5,7-10,15-16H,1-3,6,11-14H2,(H,25,29)(H,26,30). The Hall–Kier alpha value is -2.67. The van der Waals surface area contributed by atoms with Crippen LogP contribution in [0.2, 0.25) is 0 Å². The third-order valence-electron chi connectivity index (χ3n) is 5.03. The van der Waals surface area contributed by atoms with Crippen molar-refractivity contribution in [2.75, 3.05) is 25.0 Å². The molecule has 0 atom stereocenters. The van der Waals surface area contributed by atoms with E-state index in [4.69, 9.17) is 0 Å². The number of halogens is 1. The summed E-state index contributed by atoms with van der Waals surface area (Å²) in [6.45, 7) is 1.98. The molecule has 0 spiro atoms. The SMILES string of the molecule is O=C(NCCCN1CCCCCC1=O)c1cccc(NC(=O)c2cccc(Br)c2)c1. The van der Waals surface area contributed by atoms with Crippen molar-refractivity contribution in [1.82, 2.24) is 10.2 Å². The quantitative estimate of drug-likeness (QED) is 0.593. The highest BCUT2D eigenvalue weighted by atomic mass is 79.9. The highest BCUT2D eigenvalue weighted by molar-refractivity contribution is 9.10. The van der Waals surface area contributed by atoms with Gasteiger partial charge < -0.3 is 15.5 Å². The van der Waals surface area contributed by atoms with Gasteiger partial charge in [0.25, 0.3) is 11.8 Å². The maximum Gasteiger partial charge on any atom is 0.255 e. The zero-order chi connectivity index (χ0) is 21.3. The van der Waals surface area contributed by atoms with Crippen LogP contribution in [0.4, 0.5) is 5.69 Å². The molecule has 1 saturated heterocycles. The molecule has 0 aromatic heterocycles. The number of carbonyl (C=O) groups excluding carboxylic acids is 3. The van der Waals surface area contributed by atoms with Crippen LogP contribution in [-0.2, 0) is 4.79 Å². The summed E-state index contributed by atoms with van der Waals surface area (Å²) in [4.78, 5) is 38.8. The first-order valence-corrected chi connectivity index (χ1v) is 11.1. The van der Waals surface area contributed by atoms with Crippen molar-refractivity contribution >= 4 is 39.3 Å². The third-order valence-corrected chi connectivity index (χ3v) is 5.52.